The van der Waals surface area contributed by atoms with Gasteiger partial charge in [-0.3, -0.25) is 14.6 Å². The second kappa shape index (κ2) is 6.58. The van der Waals surface area contributed by atoms with Crippen LogP contribution in [-0.2, 0) is 17.9 Å². The van der Waals surface area contributed by atoms with Crippen molar-refractivity contribution < 1.29 is 18.0 Å². The molecule has 1 amide bonds. The van der Waals surface area contributed by atoms with Crippen molar-refractivity contribution in [2.24, 2.45) is 0 Å². The van der Waals surface area contributed by atoms with E-state index in [1.54, 1.807) is 0 Å². The number of carbonyl (C=O) groups is 1. The molecule has 0 saturated heterocycles. The number of aromatic amines is 2. The summed E-state index contributed by atoms with van der Waals surface area (Å²) < 4.78 is 40.5. The third-order valence-corrected chi connectivity index (χ3v) is 4.18. The lowest BCUT2D eigenvalue weighted by molar-refractivity contribution is -0.133. The number of nitrogens with one attached hydrogen (secondary N) is 2. The number of carbonyl (C=O) groups excluding carboxylic acids is 1. The fourth-order valence-electron chi connectivity index (χ4n) is 2.90. The molecular formula is C16H14F3N3O3. The number of aromatic nitrogens is 2. The summed E-state index contributed by atoms with van der Waals surface area (Å²) in [5.41, 5.74) is -1.05. The van der Waals surface area contributed by atoms with Crippen molar-refractivity contribution in [1.29, 1.82) is 0 Å². The van der Waals surface area contributed by atoms with Crippen LogP contribution in [0.15, 0.2) is 33.9 Å². The molecule has 0 fully saturated rings. The topological polar surface area (TPSA) is 86.0 Å². The van der Waals surface area contributed by atoms with Crippen molar-refractivity contribution in [3.63, 3.8) is 0 Å². The first-order valence-corrected chi connectivity index (χ1v) is 7.51. The van der Waals surface area contributed by atoms with Gasteiger partial charge in [-0.2, -0.15) is 0 Å². The first-order valence-electron chi connectivity index (χ1n) is 7.51. The van der Waals surface area contributed by atoms with Gasteiger partial charge >= 0.3 is 5.69 Å². The molecule has 0 radical (unpaired) electrons. The number of nitrogens with zero attached hydrogens (tertiary/aromatic N) is 1. The molecule has 0 bridgehead atoms. The van der Waals surface area contributed by atoms with Crippen LogP contribution in [0.25, 0.3) is 0 Å². The van der Waals surface area contributed by atoms with E-state index in [0.29, 0.717) is 0 Å². The van der Waals surface area contributed by atoms with E-state index in [1.165, 1.54) is 23.1 Å². The van der Waals surface area contributed by atoms with E-state index in [0.717, 1.165) is 6.07 Å². The Morgan fingerprint density at radius 3 is 2.56 bits per heavy atom. The Bertz CT molecular complexity index is 923. The van der Waals surface area contributed by atoms with Crippen molar-refractivity contribution in [3.05, 3.63) is 67.7 Å². The quantitative estimate of drug-likeness (QED) is 0.873. The van der Waals surface area contributed by atoms with Crippen LogP contribution in [0.4, 0.5) is 13.2 Å². The number of fused-ring (bicyclic) bond motifs is 1. The van der Waals surface area contributed by atoms with Crippen molar-refractivity contribution >= 4 is 5.91 Å². The molecule has 3 rings (SSSR count). The van der Waals surface area contributed by atoms with E-state index >= 15 is 0 Å². The molecule has 132 valence electrons. The molecule has 1 atom stereocenters. The number of alkyl halides is 2. The zero-order valence-corrected chi connectivity index (χ0v) is 12.9. The molecule has 2 N–H and O–H groups in total. The van der Waals surface area contributed by atoms with Gasteiger partial charge in [0.25, 0.3) is 5.56 Å². The van der Waals surface area contributed by atoms with Crippen molar-refractivity contribution in [3.8, 4) is 0 Å². The molecule has 6 nitrogen and oxygen atoms in total. The predicted octanol–water partition coefficient (Wildman–Crippen LogP) is 1.48. The van der Waals surface area contributed by atoms with E-state index in [4.69, 9.17) is 0 Å². The Hall–Kier alpha value is -2.84. The minimum atomic E-state index is -2.92. The number of hydrogen-bond donors (Lipinski definition) is 2. The predicted molar refractivity (Wildman–Crippen MR) is 81.7 cm³/mol. The van der Waals surface area contributed by atoms with E-state index in [-0.39, 0.29) is 29.9 Å². The van der Waals surface area contributed by atoms with Gasteiger partial charge < -0.3 is 9.88 Å². The highest BCUT2D eigenvalue weighted by molar-refractivity contribution is 5.77. The number of H-pyrrole nitrogens is 2. The molecule has 1 aliphatic heterocycles. The first kappa shape index (κ1) is 17.0. The molecule has 2 heterocycles. The Morgan fingerprint density at radius 1 is 1.16 bits per heavy atom. The maximum Gasteiger partial charge on any atom is 0.325 e. The van der Waals surface area contributed by atoms with Gasteiger partial charge in [-0.25, -0.2) is 18.0 Å². The molecule has 1 aromatic heterocycles. The molecule has 2 aromatic rings. The van der Waals surface area contributed by atoms with E-state index < -0.39 is 41.7 Å². The highest BCUT2D eigenvalue weighted by atomic mass is 19.3. The number of halogens is 3. The molecule has 1 aromatic carbocycles. The van der Waals surface area contributed by atoms with Gasteiger partial charge in [0, 0.05) is 12.1 Å². The first-order chi connectivity index (χ1) is 11.9. The Morgan fingerprint density at radius 2 is 1.88 bits per heavy atom. The zero-order chi connectivity index (χ0) is 18.1. The molecule has 1 unspecified atom stereocenters. The van der Waals surface area contributed by atoms with Crippen molar-refractivity contribution in [1.82, 2.24) is 14.9 Å². The average molecular weight is 353 g/mol. The van der Waals surface area contributed by atoms with Crippen LogP contribution in [-0.4, -0.2) is 27.2 Å². The lowest BCUT2D eigenvalue weighted by Crippen LogP contribution is -2.29. The Labute approximate surface area is 139 Å². The summed E-state index contributed by atoms with van der Waals surface area (Å²) in [4.78, 5) is 41.0. The van der Waals surface area contributed by atoms with Gasteiger partial charge in [-0.1, -0.05) is 18.2 Å². The maximum absolute atomic E-state index is 13.8. The van der Waals surface area contributed by atoms with Crippen LogP contribution in [0.5, 0.6) is 0 Å². The van der Waals surface area contributed by atoms with Crippen LogP contribution in [0.1, 0.15) is 29.2 Å². The van der Waals surface area contributed by atoms with Gasteiger partial charge in [0.2, 0.25) is 12.3 Å². The van der Waals surface area contributed by atoms with Crippen LogP contribution in [0, 0.1) is 5.82 Å². The summed E-state index contributed by atoms with van der Waals surface area (Å²) in [6.07, 6.45) is -3.52. The van der Waals surface area contributed by atoms with Crippen LogP contribution in [0.2, 0.25) is 0 Å². The lowest BCUT2D eigenvalue weighted by atomic mass is 9.95. The molecule has 9 heteroatoms. The number of amides is 1. The summed E-state index contributed by atoms with van der Waals surface area (Å²) in [5, 5.41) is 0. The van der Waals surface area contributed by atoms with Gasteiger partial charge in [0.1, 0.15) is 5.82 Å². The molecule has 25 heavy (non-hydrogen) atoms. The minimum Gasteiger partial charge on any atom is -0.332 e. The Balaban J connectivity index is 1.80. The summed E-state index contributed by atoms with van der Waals surface area (Å²) in [6, 6.07) is 5.09. The van der Waals surface area contributed by atoms with Crippen molar-refractivity contribution in [2.45, 2.75) is 31.9 Å². The monoisotopic (exact) mass is 353 g/mol. The van der Waals surface area contributed by atoms with Gasteiger partial charge in [0.15, 0.2) is 0 Å². The highest BCUT2D eigenvalue weighted by Gasteiger charge is 2.32. The molecule has 0 spiro atoms. The molecule has 0 saturated carbocycles. The van der Waals surface area contributed by atoms with E-state index in [2.05, 4.69) is 4.98 Å². The second-order valence-corrected chi connectivity index (χ2v) is 5.78. The molecule has 0 aliphatic carbocycles. The third kappa shape index (κ3) is 3.35. The average Bonchev–Trinajstić information content (AvgIpc) is 2.97. The van der Waals surface area contributed by atoms with Crippen LogP contribution < -0.4 is 11.2 Å². The van der Waals surface area contributed by atoms with Crippen LogP contribution in [0.3, 0.4) is 0 Å². The summed E-state index contributed by atoms with van der Waals surface area (Å²) in [7, 11) is 0. The maximum atomic E-state index is 13.8. The largest absolute Gasteiger partial charge is 0.332 e. The standard InChI is InChI=1S/C16H14F3N3O3/c17-11-4-2-1-3-8(11)9(14(18)19)5-13(23)22-6-10-12(7-22)20-16(25)21-15(10)24/h1-4,9,14H,5-7H2,(H2,20,21,24,25). The minimum absolute atomic E-state index is 0.0550. The summed E-state index contributed by atoms with van der Waals surface area (Å²) >= 11 is 0. The second-order valence-electron chi connectivity index (χ2n) is 5.78. The SMILES string of the molecule is O=C(CC(c1ccccc1F)C(F)F)N1Cc2[nH]c(=O)[nH]c(=O)c2C1. The van der Waals surface area contributed by atoms with Gasteiger partial charge in [-0.15, -0.1) is 0 Å². The van der Waals surface area contributed by atoms with E-state index in [1.807, 2.05) is 4.98 Å². The summed E-state index contributed by atoms with van der Waals surface area (Å²) in [5.74, 6) is -3.04. The number of rotatable bonds is 4. The summed E-state index contributed by atoms with van der Waals surface area (Å²) in [6.45, 7) is -0.145. The number of benzene rings is 1. The van der Waals surface area contributed by atoms with E-state index in [9.17, 15) is 27.6 Å². The lowest BCUT2D eigenvalue weighted by Gasteiger charge is -2.21. The zero-order valence-electron chi connectivity index (χ0n) is 12.9. The van der Waals surface area contributed by atoms with Crippen LogP contribution >= 0.6 is 0 Å². The van der Waals surface area contributed by atoms with Gasteiger partial charge in [-0.05, 0) is 11.6 Å². The number of hydrogen-bond acceptors (Lipinski definition) is 3. The van der Waals surface area contributed by atoms with Crippen molar-refractivity contribution in [2.75, 3.05) is 0 Å². The smallest absolute Gasteiger partial charge is 0.325 e. The van der Waals surface area contributed by atoms with Gasteiger partial charge in [0.05, 0.1) is 24.6 Å². The highest BCUT2D eigenvalue weighted by Crippen LogP contribution is 2.30. The Kier molecular flexibility index (Phi) is 4.47. The fourth-order valence-corrected chi connectivity index (χ4v) is 2.90. The normalized spacial score (nSPS) is 14.6. The fraction of sp³-hybridized carbons (Fsp3) is 0.312. The third-order valence-electron chi connectivity index (χ3n) is 4.18. The molecular weight excluding hydrogens is 339 g/mol. The molecule has 1 aliphatic rings.